The molecule has 23 heavy (non-hydrogen) atoms. The summed E-state index contributed by atoms with van der Waals surface area (Å²) in [5.74, 6) is 0.742. The maximum absolute atomic E-state index is 5.57. The summed E-state index contributed by atoms with van der Waals surface area (Å²) in [5.41, 5.74) is 4.28. The zero-order valence-corrected chi connectivity index (χ0v) is 14.8. The van der Waals surface area contributed by atoms with Crippen LogP contribution in [0.5, 0.6) is 0 Å². The fraction of sp³-hybridized carbons (Fsp3) is 0.524. The summed E-state index contributed by atoms with van der Waals surface area (Å²) < 4.78 is 11.1. The quantitative estimate of drug-likeness (QED) is 0.748. The predicted octanol–water partition coefficient (Wildman–Crippen LogP) is 4.52. The summed E-state index contributed by atoms with van der Waals surface area (Å²) >= 11 is 0. The van der Waals surface area contributed by atoms with Crippen LogP contribution in [0.2, 0.25) is 0 Å². The largest absolute Gasteiger partial charge is 0.384 e. The van der Waals surface area contributed by atoms with Gasteiger partial charge in [-0.05, 0) is 52.6 Å². The third kappa shape index (κ3) is 3.02. The molecule has 0 heterocycles. The van der Waals surface area contributed by atoms with Crippen LogP contribution in [-0.4, -0.2) is 27.4 Å². The molecule has 0 atom stereocenters. The van der Waals surface area contributed by atoms with Gasteiger partial charge in [0.25, 0.3) is 0 Å². The number of benzene rings is 2. The molecule has 0 N–H and O–H groups in total. The highest BCUT2D eigenvalue weighted by molar-refractivity contribution is 5.93. The predicted molar refractivity (Wildman–Crippen MR) is 96.2 cm³/mol. The Morgan fingerprint density at radius 2 is 1.83 bits per heavy atom. The highest BCUT2D eigenvalue weighted by Crippen LogP contribution is 2.43. The summed E-state index contributed by atoms with van der Waals surface area (Å²) in [7, 11) is 3.57. The third-order valence-electron chi connectivity index (χ3n) is 5.07. The summed E-state index contributed by atoms with van der Waals surface area (Å²) in [5, 5.41) is 2.79. The second-order valence-electron chi connectivity index (χ2n) is 7.41. The first-order chi connectivity index (χ1) is 11.1. The number of ether oxygens (including phenoxy) is 2. The van der Waals surface area contributed by atoms with Crippen LogP contribution < -0.4 is 0 Å². The van der Waals surface area contributed by atoms with Crippen LogP contribution in [0.4, 0.5) is 0 Å². The van der Waals surface area contributed by atoms with Crippen LogP contribution in [0.25, 0.3) is 10.8 Å². The van der Waals surface area contributed by atoms with E-state index in [0.717, 1.165) is 18.8 Å². The van der Waals surface area contributed by atoms with Gasteiger partial charge in [-0.15, -0.1) is 0 Å². The molecule has 0 bridgehead atoms. The Bertz CT molecular complexity index is 682. The number of aryl methyl sites for hydroxylation is 1. The van der Waals surface area contributed by atoms with Gasteiger partial charge in [-0.1, -0.05) is 44.2 Å². The van der Waals surface area contributed by atoms with Crippen LogP contribution in [0, 0.1) is 5.92 Å². The molecule has 0 unspecified atom stereocenters. The Morgan fingerprint density at radius 3 is 2.48 bits per heavy atom. The molecular weight excluding hydrogens is 284 g/mol. The van der Waals surface area contributed by atoms with E-state index in [1.54, 1.807) is 14.2 Å². The molecule has 3 rings (SSSR count). The zero-order valence-electron chi connectivity index (χ0n) is 14.8. The summed E-state index contributed by atoms with van der Waals surface area (Å²) in [6.45, 7) is 5.99. The van der Waals surface area contributed by atoms with Crippen molar-refractivity contribution in [2.45, 2.75) is 38.5 Å². The van der Waals surface area contributed by atoms with Gasteiger partial charge in [0.1, 0.15) is 0 Å². The topological polar surface area (TPSA) is 18.5 Å². The number of hydrogen-bond donors (Lipinski definition) is 0. The van der Waals surface area contributed by atoms with Crippen molar-refractivity contribution in [3.05, 3.63) is 47.0 Å². The molecule has 1 aliphatic rings. The minimum Gasteiger partial charge on any atom is -0.384 e. The maximum Gasteiger partial charge on any atom is 0.0584 e. The van der Waals surface area contributed by atoms with Crippen molar-refractivity contribution in [1.82, 2.24) is 0 Å². The van der Waals surface area contributed by atoms with E-state index in [1.807, 2.05) is 0 Å². The normalized spacial score (nSPS) is 15.7. The van der Waals surface area contributed by atoms with E-state index in [-0.39, 0.29) is 5.41 Å². The number of hydrogen-bond acceptors (Lipinski definition) is 2. The van der Waals surface area contributed by atoms with E-state index in [2.05, 4.69) is 44.2 Å². The van der Waals surface area contributed by atoms with Crippen molar-refractivity contribution in [3.8, 4) is 0 Å². The molecular formula is C21H28O2. The lowest BCUT2D eigenvalue weighted by atomic mass is 9.82. The smallest absolute Gasteiger partial charge is 0.0584 e. The molecule has 2 aromatic rings. The van der Waals surface area contributed by atoms with Gasteiger partial charge in [0.15, 0.2) is 0 Å². The summed E-state index contributed by atoms with van der Waals surface area (Å²) in [6.07, 6.45) is 3.42. The molecule has 124 valence electrons. The Labute approximate surface area is 139 Å². The number of methoxy groups -OCH3 is 2. The molecule has 2 nitrogen and oxygen atoms in total. The lowest BCUT2D eigenvalue weighted by molar-refractivity contribution is 0.0623. The molecule has 0 aromatic heterocycles. The second kappa shape index (κ2) is 6.62. The fourth-order valence-corrected chi connectivity index (χ4v) is 4.08. The summed E-state index contributed by atoms with van der Waals surface area (Å²) in [6, 6.07) is 11.5. The van der Waals surface area contributed by atoms with E-state index in [1.165, 1.54) is 33.9 Å². The molecule has 0 aliphatic heterocycles. The molecule has 0 radical (unpaired) electrons. The van der Waals surface area contributed by atoms with Crippen molar-refractivity contribution in [1.29, 1.82) is 0 Å². The molecule has 1 aliphatic carbocycles. The van der Waals surface area contributed by atoms with Crippen molar-refractivity contribution >= 4 is 10.8 Å². The molecule has 0 spiro atoms. The Morgan fingerprint density at radius 1 is 1.09 bits per heavy atom. The van der Waals surface area contributed by atoms with Crippen LogP contribution in [0.3, 0.4) is 0 Å². The maximum atomic E-state index is 5.57. The Hall–Kier alpha value is -1.38. The molecule has 0 saturated heterocycles. The molecule has 0 amide bonds. The van der Waals surface area contributed by atoms with E-state index in [0.29, 0.717) is 13.2 Å². The lowest BCUT2D eigenvalue weighted by Gasteiger charge is -2.29. The monoisotopic (exact) mass is 312 g/mol. The van der Waals surface area contributed by atoms with Crippen molar-refractivity contribution in [2.24, 2.45) is 5.92 Å². The van der Waals surface area contributed by atoms with Crippen LogP contribution in [0.15, 0.2) is 30.3 Å². The minimum absolute atomic E-state index is 0.0397. The fourth-order valence-electron chi connectivity index (χ4n) is 4.08. The first-order valence-corrected chi connectivity index (χ1v) is 8.62. The van der Waals surface area contributed by atoms with Gasteiger partial charge in [0, 0.05) is 19.6 Å². The first-order valence-electron chi connectivity index (χ1n) is 8.62. The van der Waals surface area contributed by atoms with Gasteiger partial charge in [0.2, 0.25) is 0 Å². The van der Waals surface area contributed by atoms with Gasteiger partial charge < -0.3 is 9.47 Å². The van der Waals surface area contributed by atoms with Crippen LogP contribution in [0.1, 0.15) is 37.0 Å². The zero-order chi connectivity index (χ0) is 16.4. The average molecular weight is 312 g/mol. The lowest BCUT2D eigenvalue weighted by Crippen LogP contribution is -2.36. The van der Waals surface area contributed by atoms with Gasteiger partial charge in [-0.25, -0.2) is 0 Å². The minimum atomic E-state index is -0.0397. The Balaban J connectivity index is 2.05. The standard InChI is InChI=1S/C21H28O2/c1-15(2)8-9-16-10-17-6-5-7-19-20(17)18(11-16)12-21(19,13-22-3)14-23-4/h5-7,10-11,15H,8-9,12-14H2,1-4H3. The highest BCUT2D eigenvalue weighted by Gasteiger charge is 2.40. The average Bonchev–Trinajstić information content (AvgIpc) is 2.82. The van der Waals surface area contributed by atoms with Gasteiger partial charge >= 0.3 is 0 Å². The summed E-state index contributed by atoms with van der Waals surface area (Å²) in [4.78, 5) is 0. The van der Waals surface area contributed by atoms with Crippen molar-refractivity contribution < 1.29 is 9.47 Å². The van der Waals surface area contributed by atoms with Crippen LogP contribution >= 0.6 is 0 Å². The third-order valence-corrected chi connectivity index (χ3v) is 5.07. The molecule has 2 aromatic carbocycles. The second-order valence-corrected chi connectivity index (χ2v) is 7.41. The van der Waals surface area contributed by atoms with E-state index < -0.39 is 0 Å². The van der Waals surface area contributed by atoms with Gasteiger partial charge in [-0.3, -0.25) is 0 Å². The number of rotatable bonds is 7. The SMILES string of the molecule is COCC1(COC)Cc2cc(CCC(C)C)cc3cccc1c23. The van der Waals surface area contributed by atoms with Crippen LogP contribution in [-0.2, 0) is 27.7 Å². The van der Waals surface area contributed by atoms with Crippen molar-refractivity contribution in [3.63, 3.8) is 0 Å². The highest BCUT2D eigenvalue weighted by atomic mass is 16.5. The van der Waals surface area contributed by atoms with E-state index in [4.69, 9.17) is 9.47 Å². The molecule has 0 fully saturated rings. The molecule has 0 saturated carbocycles. The Kier molecular flexibility index (Phi) is 4.74. The van der Waals surface area contributed by atoms with E-state index >= 15 is 0 Å². The first kappa shape index (κ1) is 16.5. The van der Waals surface area contributed by atoms with Gasteiger partial charge in [0.05, 0.1) is 13.2 Å². The molecule has 2 heteroatoms. The van der Waals surface area contributed by atoms with Gasteiger partial charge in [-0.2, -0.15) is 0 Å². The van der Waals surface area contributed by atoms with E-state index in [9.17, 15) is 0 Å². The van der Waals surface area contributed by atoms with Crippen molar-refractivity contribution in [2.75, 3.05) is 27.4 Å².